The van der Waals surface area contributed by atoms with E-state index < -0.39 is 0 Å². The van der Waals surface area contributed by atoms with Crippen molar-refractivity contribution in [3.05, 3.63) is 59.7 Å². The molecule has 0 bridgehead atoms. The van der Waals surface area contributed by atoms with Crippen LogP contribution in [0.4, 0.5) is 5.69 Å². The summed E-state index contributed by atoms with van der Waals surface area (Å²) in [6, 6.07) is 15.0. The molecule has 0 saturated carbocycles. The number of nitrogens with one attached hydrogen (secondary N) is 2. The van der Waals surface area contributed by atoms with Gasteiger partial charge in [0.05, 0.1) is 6.10 Å². The van der Waals surface area contributed by atoms with Crippen molar-refractivity contribution in [1.82, 2.24) is 5.32 Å². The molecule has 1 amide bonds. The molecule has 0 aliphatic carbocycles. The van der Waals surface area contributed by atoms with Gasteiger partial charge in [0.15, 0.2) is 5.11 Å². The zero-order valence-electron chi connectivity index (χ0n) is 16.2. The molecule has 2 N–H and O–H groups in total. The van der Waals surface area contributed by atoms with Crippen LogP contribution in [0, 0.1) is 0 Å². The second-order valence-corrected chi connectivity index (χ2v) is 7.56. The van der Waals surface area contributed by atoms with Crippen LogP contribution >= 0.6 is 12.2 Å². The van der Waals surface area contributed by atoms with E-state index in [0.717, 1.165) is 30.9 Å². The van der Waals surface area contributed by atoms with Gasteiger partial charge in [0.2, 0.25) is 0 Å². The van der Waals surface area contributed by atoms with Crippen molar-refractivity contribution in [2.45, 2.75) is 38.7 Å². The first-order chi connectivity index (χ1) is 13.5. The molecule has 0 radical (unpaired) electrons. The Kier molecular flexibility index (Phi) is 7.01. The molecule has 1 aliphatic rings. The van der Waals surface area contributed by atoms with Gasteiger partial charge in [0, 0.05) is 17.9 Å². The van der Waals surface area contributed by atoms with E-state index in [1.807, 2.05) is 48.5 Å². The molecule has 28 heavy (non-hydrogen) atoms. The summed E-state index contributed by atoms with van der Waals surface area (Å²) in [5.41, 5.74) is 2.55. The van der Waals surface area contributed by atoms with Gasteiger partial charge >= 0.3 is 0 Å². The van der Waals surface area contributed by atoms with E-state index in [1.165, 1.54) is 5.56 Å². The van der Waals surface area contributed by atoms with Gasteiger partial charge in [-0.2, -0.15) is 0 Å². The maximum absolute atomic E-state index is 12.3. The number of amides is 1. The molecule has 0 aromatic heterocycles. The summed E-state index contributed by atoms with van der Waals surface area (Å²) in [6.07, 6.45) is 2.34. The Balaban J connectivity index is 1.47. The molecule has 1 fully saturated rings. The van der Waals surface area contributed by atoms with Crippen LogP contribution in [0.25, 0.3) is 0 Å². The van der Waals surface area contributed by atoms with Gasteiger partial charge in [-0.05, 0) is 72.9 Å². The van der Waals surface area contributed by atoms with E-state index in [1.54, 1.807) is 0 Å². The molecule has 148 valence electrons. The summed E-state index contributed by atoms with van der Waals surface area (Å²) in [5.74, 6) is 0.975. The van der Waals surface area contributed by atoms with Crippen LogP contribution in [0.3, 0.4) is 0 Å². The van der Waals surface area contributed by atoms with Crippen molar-refractivity contribution < 1.29 is 14.3 Å². The Morgan fingerprint density at radius 2 is 1.89 bits per heavy atom. The lowest BCUT2D eigenvalue weighted by atomic mass is 10.0. The lowest BCUT2D eigenvalue weighted by molar-refractivity contribution is 0.0679. The number of hydrogen-bond donors (Lipinski definition) is 2. The smallest absolute Gasteiger partial charge is 0.257 e. The van der Waals surface area contributed by atoms with Crippen molar-refractivity contribution >= 4 is 28.9 Å². The molecule has 1 saturated heterocycles. The third-order valence-electron chi connectivity index (χ3n) is 4.64. The fraction of sp³-hybridized carbons (Fsp3) is 0.364. The van der Waals surface area contributed by atoms with E-state index in [2.05, 4.69) is 24.5 Å². The van der Waals surface area contributed by atoms with Gasteiger partial charge in [-0.15, -0.1) is 0 Å². The number of ether oxygens (including phenoxy) is 2. The Morgan fingerprint density at radius 3 is 2.50 bits per heavy atom. The summed E-state index contributed by atoms with van der Waals surface area (Å²) >= 11 is 5.25. The fourth-order valence-electron chi connectivity index (χ4n) is 2.96. The topological polar surface area (TPSA) is 59.6 Å². The zero-order chi connectivity index (χ0) is 19.9. The zero-order valence-corrected chi connectivity index (χ0v) is 17.1. The van der Waals surface area contributed by atoms with Gasteiger partial charge in [0.1, 0.15) is 12.4 Å². The summed E-state index contributed by atoms with van der Waals surface area (Å²) in [4.78, 5) is 12.3. The van der Waals surface area contributed by atoms with Crippen LogP contribution in [0.2, 0.25) is 0 Å². The molecular weight excluding hydrogens is 372 g/mol. The summed E-state index contributed by atoms with van der Waals surface area (Å²) in [6.45, 7) is 5.62. The maximum atomic E-state index is 12.3. The highest BCUT2D eigenvalue weighted by Crippen LogP contribution is 2.19. The van der Waals surface area contributed by atoms with Gasteiger partial charge in [-0.25, -0.2) is 0 Å². The molecule has 1 atom stereocenters. The molecular formula is C22H26N2O3S. The Morgan fingerprint density at radius 1 is 1.18 bits per heavy atom. The van der Waals surface area contributed by atoms with Gasteiger partial charge in [0.25, 0.3) is 5.91 Å². The highest BCUT2D eigenvalue weighted by atomic mass is 32.1. The average Bonchev–Trinajstić information content (AvgIpc) is 3.21. The number of anilines is 1. The molecule has 1 aliphatic heterocycles. The molecule has 1 unspecified atom stereocenters. The van der Waals surface area contributed by atoms with Crippen LogP contribution < -0.4 is 15.4 Å². The number of hydrogen-bond acceptors (Lipinski definition) is 4. The molecule has 5 nitrogen and oxygen atoms in total. The quantitative estimate of drug-likeness (QED) is 0.702. The lowest BCUT2D eigenvalue weighted by Gasteiger charge is -2.13. The normalized spacial score (nSPS) is 16.0. The first-order valence-corrected chi connectivity index (χ1v) is 9.99. The Hall–Kier alpha value is -2.44. The Labute approximate surface area is 171 Å². The van der Waals surface area contributed by atoms with Crippen molar-refractivity contribution in [2.24, 2.45) is 0 Å². The largest absolute Gasteiger partial charge is 0.491 e. The molecule has 6 heteroatoms. The fourth-order valence-corrected chi connectivity index (χ4v) is 3.17. The van der Waals surface area contributed by atoms with E-state index in [-0.39, 0.29) is 17.1 Å². The van der Waals surface area contributed by atoms with Crippen molar-refractivity contribution in [3.63, 3.8) is 0 Å². The minimum absolute atomic E-state index is 0.190. The van der Waals surface area contributed by atoms with Crippen molar-refractivity contribution in [3.8, 4) is 5.75 Å². The standard InChI is InChI=1S/C22H26N2O3S/c1-15(2)16-5-7-17(8-6-16)21(25)24-22(28)23-18-9-11-19(12-10-18)27-14-20-4-3-13-26-20/h5-12,15,20H,3-4,13-14H2,1-2H3,(H2,23,24,25,28). The number of carbonyl (C=O) groups is 1. The van der Waals surface area contributed by atoms with Crippen LogP contribution in [0.1, 0.15) is 48.5 Å². The first kappa shape index (κ1) is 20.3. The van der Waals surface area contributed by atoms with E-state index >= 15 is 0 Å². The highest BCUT2D eigenvalue weighted by Gasteiger charge is 2.16. The SMILES string of the molecule is CC(C)c1ccc(C(=O)NC(=S)Nc2ccc(OCC3CCCO3)cc2)cc1. The van der Waals surface area contributed by atoms with Crippen molar-refractivity contribution in [1.29, 1.82) is 0 Å². The molecule has 3 rings (SSSR count). The number of rotatable bonds is 6. The van der Waals surface area contributed by atoms with Crippen LogP contribution in [-0.4, -0.2) is 30.3 Å². The van der Waals surface area contributed by atoms with Crippen molar-refractivity contribution in [2.75, 3.05) is 18.5 Å². The molecule has 2 aromatic rings. The van der Waals surface area contributed by atoms with Crippen LogP contribution in [-0.2, 0) is 4.74 Å². The molecule has 0 spiro atoms. The first-order valence-electron chi connectivity index (χ1n) is 9.58. The summed E-state index contributed by atoms with van der Waals surface area (Å²) in [7, 11) is 0. The number of benzene rings is 2. The number of carbonyl (C=O) groups excluding carboxylic acids is 1. The second-order valence-electron chi connectivity index (χ2n) is 7.16. The minimum Gasteiger partial charge on any atom is -0.491 e. The summed E-state index contributed by atoms with van der Waals surface area (Å²) < 4.78 is 11.3. The number of thiocarbonyl (C=S) groups is 1. The second kappa shape index (κ2) is 9.66. The van der Waals surface area contributed by atoms with Crippen LogP contribution in [0.15, 0.2) is 48.5 Å². The minimum atomic E-state index is -0.232. The molecule has 2 aromatic carbocycles. The monoisotopic (exact) mass is 398 g/mol. The van der Waals surface area contributed by atoms with Gasteiger partial charge in [-0.1, -0.05) is 26.0 Å². The summed E-state index contributed by atoms with van der Waals surface area (Å²) in [5, 5.41) is 5.98. The predicted molar refractivity (Wildman–Crippen MR) is 115 cm³/mol. The van der Waals surface area contributed by atoms with Crippen LogP contribution in [0.5, 0.6) is 5.75 Å². The predicted octanol–water partition coefficient (Wildman–Crippen LogP) is 4.49. The molecule has 1 heterocycles. The lowest BCUT2D eigenvalue weighted by Crippen LogP contribution is -2.34. The average molecular weight is 399 g/mol. The van der Waals surface area contributed by atoms with E-state index in [4.69, 9.17) is 21.7 Å². The maximum Gasteiger partial charge on any atom is 0.257 e. The van der Waals surface area contributed by atoms with Gasteiger partial charge in [-0.3, -0.25) is 10.1 Å². The van der Waals surface area contributed by atoms with E-state index in [9.17, 15) is 4.79 Å². The third kappa shape index (κ3) is 5.78. The van der Waals surface area contributed by atoms with E-state index in [0.29, 0.717) is 18.1 Å². The Bertz CT molecular complexity index is 798. The van der Waals surface area contributed by atoms with Gasteiger partial charge < -0.3 is 14.8 Å². The third-order valence-corrected chi connectivity index (χ3v) is 4.84. The highest BCUT2D eigenvalue weighted by molar-refractivity contribution is 7.80.